The van der Waals surface area contributed by atoms with Crippen molar-refractivity contribution >= 4 is 29.0 Å². The lowest BCUT2D eigenvalue weighted by Crippen LogP contribution is -2.13. The molecule has 16 heavy (non-hydrogen) atoms. The molecule has 2 nitrogen and oxygen atoms in total. The van der Waals surface area contributed by atoms with Gasteiger partial charge in [0, 0.05) is 10.6 Å². The van der Waals surface area contributed by atoms with Crippen LogP contribution in [-0.2, 0) is 4.74 Å². The van der Waals surface area contributed by atoms with Crippen LogP contribution in [0.2, 0.25) is 10.0 Å². The van der Waals surface area contributed by atoms with Gasteiger partial charge in [-0.1, -0.05) is 23.2 Å². The molecule has 0 heterocycles. The van der Waals surface area contributed by atoms with E-state index in [1.165, 1.54) is 18.2 Å². The van der Waals surface area contributed by atoms with Crippen LogP contribution in [-0.4, -0.2) is 25.4 Å². The minimum absolute atomic E-state index is 0.179. The zero-order chi connectivity index (χ0) is 12.1. The summed E-state index contributed by atoms with van der Waals surface area (Å²) in [5, 5.41) is 0.577. The van der Waals surface area contributed by atoms with Gasteiger partial charge in [0.25, 0.3) is 6.43 Å². The Morgan fingerprint density at radius 3 is 2.62 bits per heavy atom. The number of benzene rings is 1. The molecule has 1 aromatic rings. The maximum absolute atomic E-state index is 11.7. The van der Waals surface area contributed by atoms with Crippen molar-refractivity contribution in [3.8, 4) is 0 Å². The minimum Gasteiger partial charge on any atom is -0.367 e. The van der Waals surface area contributed by atoms with Gasteiger partial charge in [-0.25, -0.2) is 8.78 Å². The van der Waals surface area contributed by atoms with Gasteiger partial charge in [-0.2, -0.15) is 0 Å². The number of Topliss-reactive ketones (excluding diaryl/α,β-unsaturated/α-hetero) is 1. The first-order valence-corrected chi connectivity index (χ1v) is 5.10. The summed E-state index contributed by atoms with van der Waals surface area (Å²) in [6, 6.07) is 4.33. The number of ketones is 1. The lowest BCUT2D eigenvalue weighted by atomic mass is 10.1. The van der Waals surface area contributed by atoms with E-state index >= 15 is 0 Å². The maximum atomic E-state index is 11.7. The van der Waals surface area contributed by atoms with Crippen molar-refractivity contribution in [3.63, 3.8) is 0 Å². The molecule has 0 amide bonds. The summed E-state index contributed by atoms with van der Waals surface area (Å²) in [4.78, 5) is 11.5. The topological polar surface area (TPSA) is 26.3 Å². The number of alkyl halides is 2. The Morgan fingerprint density at radius 2 is 2.06 bits per heavy atom. The predicted molar refractivity (Wildman–Crippen MR) is 57.6 cm³/mol. The lowest BCUT2D eigenvalue weighted by molar-refractivity contribution is 0.0196. The molecule has 0 saturated heterocycles. The molecule has 88 valence electrons. The second-order valence-electron chi connectivity index (χ2n) is 2.95. The van der Waals surface area contributed by atoms with Gasteiger partial charge in [-0.05, 0) is 18.2 Å². The Labute approximate surface area is 101 Å². The third-order valence-corrected chi connectivity index (χ3v) is 2.26. The van der Waals surface area contributed by atoms with Crippen LogP contribution in [0.3, 0.4) is 0 Å². The zero-order valence-corrected chi connectivity index (χ0v) is 9.56. The van der Waals surface area contributed by atoms with Crippen LogP contribution in [0.1, 0.15) is 10.4 Å². The van der Waals surface area contributed by atoms with Gasteiger partial charge in [0.2, 0.25) is 0 Å². The summed E-state index contributed by atoms with van der Waals surface area (Å²) in [5.41, 5.74) is 0.209. The molecule has 1 rings (SSSR count). The molecule has 1 aromatic carbocycles. The highest BCUT2D eigenvalue weighted by atomic mass is 35.5. The third-order valence-electron chi connectivity index (χ3n) is 1.71. The number of hydrogen-bond acceptors (Lipinski definition) is 2. The lowest BCUT2D eigenvalue weighted by Gasteiger charge is -2.05. The summed E-state index contributed by atoms with van der Waals surface area (Å²) < 4.78 is 28.0. The SMILES string of the molecule is O=C(COCC(F)F)c1ccc(Cl)cc1Cl. The summed E-state index contributed by atoms with van der Waals surface area (Å²) in [7, 11) is 0. The Hall–Kier alpha value is -0.710. The highest BCUT2D eigenvalue weighted by Gasteiger charge is 2.12. The van der Waals surface area contributed by atoms with E-state index in [0.717, 1.165) is 0 Å². The molecule has 0 aliphatic heterocycles. The zero-order valence-electron chi connectivity index (χ0n) is 8.05. The van der Waals surface area contributed by atoms with Crippen molar-refractivity contribution in [2.75, 3.05) is 13.2 Å². The number of rotatable bonds is 5. The Balaban J connectivity index is 2.59. The van der Waals surface area contributed by atoms with Gasteiger partial charge in [-0.15, -0.1) is 0 Å². The molecule has 0 bridgehead atoms. The number of hydrogen-bond donors (Lipinski definition) is 0. The van der Waals surface area contributed by atoms with Crippen LogP contribution in [0.25, 0.3) is 0 Å². The van der Waals surface area contributed by atoms with Crippen molar-refractivity contribution in [1.82, 2.24) is 0 Å². The van der Waals surface area contributed by atoms with E-state index in [1.54, 1.807) is 0 Å². The summed E-state index contributed by atoms with van der Waals surface area (Å²) in [6.07, 6.45) is -2.59. The smallest absolute Gasteiger partial charge is 0.261 e. The van der Waals surface area contributed by atoms with Gasteiger partial charge < -0.3 is 4.74 Å². The van der Waals surface area contributed by atoms with Crippen molar-refractivity contribution in [2.45, 2.75) is 6.43 Å². The van der Waals surface area contributed by atoms with E-state index in [2.05, 4.69) is 4.74 Å². The molecule has 0 aliphatic rings. The van der Waals surface area contributed by atoms with Crippen molar-refractivity contribution in [1.29, 1.82) is 0 Å². The molecule has 0 radical (unpaired) electrons. The monoisotopic (exact) mass is 268 g/mol. The summed E-state index contributed by atoms with van der Waals surface area (Å²) >= 11 is 11.4. The maximum Gasteiger partial charge on any atom is 0.261 e. The molecule has 0 fully saturated rings. The fourth-order valence-electron chi connectivity index (χ4n) is 1.03. The first kappa shape index (κ1) is 13.4. The van der Waals surface area contributed by atoms with E-state index in [-0.39, 0.29) is 10.6 Å². The molecule has 0 unspecified atom stereocenters. The summed E-state index contributed by atoms with van der Waals surface area (Å²) in [6.45, 7) is -1.19. The van der Waals surface area contributed by atoms with E-state index in [4.69, 9.17) is 23.2 Å². The highest BCUT2D eigenvalue weighted by Crippen LogP contribution is 2.21. The Morgan fingerprint density at radius 1 is 1.38 bits per heavy atom. The van der Waals surface area contributed by atoms with Crippen molar-refractivity contribution in [2.24, 2.45) is 0 Å². The molecular formula is C10H8Cl2F2O2. The first-order chi connectivity index (χ1) is 7.50. The highest BCUT2D eigenvalue weighted by molar-refractivity contribution is 6.36. The quantitative estimate of drug-likeness (QED) is 0.765. The second kappa shape index (κ2) is 6.13. The fourth-order valence-corrected chi connectivity index (χ4v) is 1.55. The molecule has 0 atom stereocenters. The first-order valence-electron chi connectivity index (χ1n) is 4.35. The van der Waals surface area contributed by atoms with Crippen LogP contribution in [0.15, 0.2) is 18.2 Å². The summed E-state index contributed by atoms with van der Waals surface area (Å²) in [5.74, 6) is -0.456. The molecule has 0 aliphatic carbocycles. The molecular weight excluding hydrogens is 261 g/mol. The van der Waals surface area contributed by atoms with Crippen LogP contribution in [0, 0.1) is 0 Å². The number of halogens is 4. The van der Waals surface area contributed by atoms with E-state index in [9.17, 15) is 13.6 Å². The van der Waals surface area contributed by atoms with Crippen molar-refractivity contribution < 1.29 is 18.3 Å². The van der Waals surface area contributed by atoms with E-state index in [1.807, 2.05) is 0 Å². The number of carbonyl (C=O) groups is 1. The Kier molecular flexibility index (Phi) is 5.12. The van der Waals surface area contributed by atoms with Crippen LogP contribution in [0.5, 0.6) is 0 Å². The number of carbonyl (C=O) groups excluding carboxylic acids is 1. The van der Waals surface area contributed by atoms with Crippen LogP contribution >= 0.6 is 23.2 Å². The molecule has 0 aromatic heterocycles. The van der Waals surface area contributed by atoms with Gasteiger partial charge in [-0.3, -0.25) is 4.79 Å². The number of ether oxygens (including phenoxy) is 1. The van der Waals surface area contributed by atoms with Crippen molar-refractivity contribution in [3.05, 3.63) is 33.8 Å². The fraction of sp³-hybridized carbons (Fsp3) is 0.300. The van der Waals surface area contributed by atoms with Gasteiger partial charge >= 0.3 is 0 Å². The third kappa shape index (κ3) is 4.04. The van der Waals surface area contributed by atoms with Gasteiger partial charge in [0.15, 0.2) is 5.78 Å². The molecule has 0 N–H and O–H groups in total. The van der Waals surface area contributed by atoms with Crippen LogP contribution < -0.4 is 0 Å². The standard InChI is InChI=1S/C10H8Cl2F2O2/c11-6-1-2-7(8(12)3-6)9(15)4-16-5-10(13)14/h1-3,10H,4-5H2. The molecule has 6 heteroatoms. The molecule has 0 spiro atoms. The predicted octanol–water partition coefficient (Wildman–Crippen LogP) is 3.46. The Bertz CT molecular complexity index is 383. The second-order valence-corrected chi connectivity index (χ2v) is 3.80. The minimum atomic E-state index is -2.59. The van der Waals surface area contributed by atoms with Crippen LogP contribution in [0.4, 0.5) is 8.78 Å². The largest absolute Gasteiger partial charge is 0.367 e. The van der Waals surface area contributed by atoms with E-state index < -0.39 is 25.4 Å². The van der Waals surface area contributed by atoms with Gasteiger partial charge in [0.1, 0.15) is 13.2 Å². The van der Waals surface area contributed by atoms with E-state index in [0.29, 0.717) is 5.02 Å². The molecule has 0 saturated carbocycles. The average Bonchev–Trinajstić information content (AvgIpc) is 2.16. The van der Waals surface area contributed by atoms with Gasteiger partial charge in [0.05, 0.1) is 5.02 Å². The average molecular weight is 269 g/mol. The normalized spacial score (nSPS) is 10.8.